The number of nitrogens with one attached hydrogen (secondary N) is 2. The molecule has 0 spiro atoms. The van der Waals surface area contributed by atoms with E-state index in [1.165, 1.54) is 11.5 Å². The lowest BCUT2D eigenvalue weighted by molar-refractivity contribution is -0.119. The molecule has 0 saturated carbocycles. The molecule has 20 heavy (non-hydrogen) atoms. The Hall–Kier alpha value is -2.15. The van der Waals surface area contributed by atoms with E-state index in [0.29, 0.717) is 18.8 Å². The first-order chi connectivity index (χ1) is 9.74. The largest absolute Gasteiger partial charge is 0.382 e. The Balaban J connectivity index is 1.76. The molecule has 0 aromatic carbocycles. The van der Waals surface area contributed by atoms with Gasteiger partial charge in [-0.25, -0.2) is 0 Å². The van der Waals surface area contributed by atoms with Crippen LogP contribution in [0.5, 0.6) is 0 Å². The number of pyridine rings is 1. The highest BCUT2D eigenvalue weighted by atomic mass is 32.1. The van der Waals surface area contributed by atoms with Crippen LogP contribution in [0.4, 0.5) is 10.8 Å². The molecule has 1 aliphatic heterocycles. The van der Waals surface area contributed by atoms with Crippen molar-refractivity contribution in [3.63, 3.8) is 0 Å². The Morgan fingerprint density at radius 2 is 2.25 bits per heavy atom. The summed E-state index contributed by atoms with van der Waals surface area (Å²) in [4.78, 5) is 15.2. The van der Waals surface area contributed by atoms with Gasteiger partial charge in [0.05, 0.1) is 5.56 Å². The summed E-state index contributed by atoms with van der Waals surface area (Å²) in [5.74, 6) is 0.633. The Bertz CT molecular complexity index is 612. The van der Waals surface area contributed by atoms with Gasteiger partial charge < -0.3 is 16.4 Å². The van der Waals surface area contributed by atoms with Gasteiger partial charge in [0.15, 0.2) is 0 Å². The van der Waals surface area contributed by atoms with E-state index >= 15 is 0 Å². The monoisotopic (exact) mass is 289 g/mol. The molecular formula is C13H15N5OS. The smallest absolute Gasteiger partial charge is 0.220 e. The third-order valence-electron chi connectivity index (χ3n) is 3.28. The second-order valence-corrected chi connectivity index (χ2v) is 5.47. The summed E-state index contributed by atoms with van der Waals surface area (Å²) in [5.41, 5.74) is 7.84. The Labute approximate surface area is 120 Å². The van der Waals surface area contributed by atoms with Gasteiger partial charge in [0.1, 0.15) is 10.8 Å². The van der Waals surface area contributed by atoms with E-state index in [1.807, 2.05) is 12.1 Å². The molecule has 1 atom stereocenters. The van der Waals surface area contributed by atoms with Crippen LogP contribution in [0.1, 0.15) is 12.8 Å². The van der Waals surface area contributed by atoms with Gasteiger partial charge in [0, 0.05) is 31.4 Å². The zero-order valence-corrected chi connectivity index (χ0v) is 11.6. The quantitative estimate of drug-likeness (QED) is 0.792. The van der Waals surface area contributed by atoms with Crippen LogP contribution in [0.3, 0.4) is 0 Å². The van der Waals surface area contributed by atoms with Gasteiger partial charge >= 0.3 is 0 Å². The van der Waals surface area contributed by atoms with Crippen molar-refractivity contribution < 1.29 is 4.79 Å². The minimum absolute atomic E-state index is 0.120. The summed E-state index contributed by atoms with van der Waals surface area (Å²) in [6.07, 6.45) is 4.93. The number of carbonyl (C=O) groups excluding carboxylic acids is 1. The van der Waals surface area contributed by atoms with E-state index in [0.717, 1.165) is 22.5 Å². The first-order valence-corrected chi connectivity index (χ1v) is 7.20. The lowest BCUT2D eigenvalue weighted by Crippen LogP contribution is -2.31. The van der Waals surface area contributed by atoms with Crippen molar-refractivity contribution in [3.8, 4) is 11.1 Å². The summed E-state index contributed by atoms with van der Waals surface area (Å²) in [6, 6.07) is 3.99. The number of amides is 1. The molecule has 0 bridgehead atoms. The number of hydrogen-bond acceptors (Lipinski definition) is 6. The molecule has 1 fully saturated rings. The van der Waals surface area contributed by atoms with E-state index in [1.54, 1.807) is 12.4 Å². The summed E-state index contributed by atoms with van der Waals surface area (Å²) in [5, 5.41) is 7.19. The Morgan fingerprint density at radius 1 is 1.45 bits per heavy atom. The molecule has 1 unspecified atom stereocenters. The summed E-state index contributed by atoms with van der Waals surface area (Å²) in [6.45, 7) is 0.686. The van der Waals surface area contributed by atoms with Crippen LogP contribution in [0.15, 0.2) is 24.5 Å². The fourth-order valence-corrected chi connectivity index (χ4v) is 3.01. The number of rotatable bonds is 4. The van der Waals surface area contributed by atoms with Gasteiger partial charge in [0.25, 0.3) is 0 Å². The maximum absolute atomic E-state index is 11.2. The minimum Gasteiger partial charge on any atom is -0.382 e. The average Bonchev–Trinajstić information content (AvgIpc) is 3.03. The molecule has 1 aliphatic rings. The highest BCUT2D eigenvalue weighted by molar-refractivity contribution is 7.11. The first-order valence-electron chi connectivity index (χ1n) is 6.43. The Morgan fingerprint density at radius 3 is 2.95 bits per heavy atom. The molecule has 0 aliphatic carbocycles. The van der Waals surface area contributed by atoms with Crippen molar-refractivity contribution >= 4 is 28.3 Å². The third kappa shape index (κ3) is 2.57. The van der Waals surface area contributed by atoms with Crippen LogP contribution in [-0.4, -0.2) is 27.9 Å². The van der Waals surface area contributed by atoms with E-state index in [9.17, 15) is 4.79 Å². The van der Waals surface area contributed by atoms with E-state index < -0.39 is 0 Å². The third-order valence-corrected chi connectivity index (χ3v) is 4.10. The molecule has 2 aromatic rings. The van der Waals surface area contributed by atoms with Gasteiger partial charge in [0.2, 0.25) is 5.91 Å². The fraction of sp³-hybridized carbons (Fsp3) is 0.308. The number of hydrogen-bond donors (Lipinski definition) is 3. The summed E-state index contributed by atoms with van der Waals surface area (Å²) < 4.78 is 4.20. The molecular weight excluding hydrogens is 274 g/mol. The summed E-state index contributed by atoms with van der Waals surface area (Å²) in [7, 11) is 0. The standard InChI is InChI=1S/C13H15N5OS/c14-12-11(8-3-5-15-6-4-8)13(20-18-12)16-7-9-1-2-10(19)17-9/h3-6,9,16H,1-2,7H2,(H2,14,18)(H,17,19). The van der Waals surface area contributed by atoms with Crippen molar-refractivity contribution in [2.24, 2.45) is 0 Å². The number of anilines is 2. The average molecular weight is 289 g/mol. The van der Waals surface area contributed by atoms with Crippen molar-refractivity contribution in [1.82, 2.24) is 14.7 Å². The van der Waals surface area contributed by atoms with E-state index in [-0.39, 0.29) is 11.9 Å². The van der Waals surface area contributed by atoms with Gasteiger partial charge in [-0.3, -0.25) is 9.78 Å². The topological polar surface area (TPSA) is 92.9 Å². The molecule has 104 valence electrons. The van der Waals surface area contributed by atoms with E-state index in [2.05, 4.69) is 20.0 Å². The van der Waals surface area contributed by atoms with Crippen LogP contribution in [-0.2, 0) is 4.79 Å². The van der Waals surface area contributed by atoms with Crippen molar-refractivity contribution in [2.75, 3.05) is 17.6 Å². The number of carbonyl (C=O) groups is 1. The molecule has 4 N–H and O–H groups in total. The Kier molecular flexibility index (Phi) is 3.51. The maximum atomic E-state index is 11.2. The maximum Gasteiger partial charge on any atom is 0.220 e. The first kappa shape index (κ1) is 12.9. The van der Waals surface area contributed by atoms with E-state index in [4.69, 9.17) is 5.73 Å². The number of nitrogens with zero attached hydrogens (tertiary/aromatic N) is 2. The molecule has 3 rings (SSSR count). The molecule has 1 saturated heterocycles. The number of nitrogen functional groups attached to an aromatic ring is 1. The molecule has 2 aromatic heterocycles. The molecule has 6 nitrogen and oxygen atoms in total. The number of nitrogens with two attached hydrogens (primary N) is 1. The molecule has 0 radical (unpaired) electrons. The lowest BCUT2D eigenvalue weighted by atomic mass is 10.1. The van der Waals surface area contributed by atoms with Crippen molar-refractivity contribution in [1.29, 1.82) is 0 Å². The van der Waals surface area contributed by atoms with Crippen molar-refractivity contribution in [2.45, 2.75) is 18.9 Å². The van der Waals surface area contributed by atoms with Crippen LogP contribution >= 0.6 is 11.5 Å². The minimum atomic E-state index is 0.120. The van der Waals surface area contributed by atoms with Gasteiger partial charge in [-0.05, 0) is 35.6 Å². The predicted molar refractivity (Wildman–Crippen MR) is 79.4 cm³/mol. The lowest BCUT2D eigenvalue weighted by Gasteiger charge is -2.12. The van der Waals surface area contributed by atoms with Gasteiger partial charge in [-0.1, -0.05) is 0 Å². The van der Waals surface area contributed by atoms with Crippen LogP contribution < -0.4 is 16.4 Å². The normalized spacial score (nSPS) is 18.0. The second kappa shape index (κ2) is 5.46. The van der Waals surface area contributed by atoms with Crippen LogP contribution in [0.2, 0.25) is 0 Å². The number of aromatic nitrogens is 2. The molecule has 7 heteroatoms. The highest BCUT2D eigenvalue weighted by Gasteiger charge is 2.21. The fourth-order valence-electron chi connectivity index (χ4n) is 2.27. The molecule has 3 heterocycles. The zero-order valence-electron chi connectivity index (χ0n) is 10.8. The van der Waals surface area contributed by atoms with Crippen LogP contribution in [0, 0.1) is 0 Å². The second-order valence-electron chi connectivity index (χ2n) is 4.69. The van der Waals surface area contributed by atoms with Crippen LogP contribution in [0.25, 0.3) is 11.1 Å². The predicted octanol–water partition coefficient (Wildman–Crippen LogP) is 1.48. The van der Waals surface area contributed by atoms with Gasteiger partial charge in [-0.2, -0.15) is 4.37 Å². The summed E-state index contributed by atoms with van der Waals surface area (Å²) >= 11 is 1.34. The SMILES string of the molecule is Nc1nsc(NCC2CCC(=O)N2)c1-c1ccncc1. The van der Waals surface area contributed by atoms with Gasteiger partial charge in [-0.15, -0.1) is 0 Å². The van der Waals surface area contributed by atoms with Crippen molar-refractivity contribution in [3.05, 3.63) is 24.5 Å². The highest BCUT2D eigenvalue weighted by Crippen LogP contribution is 2.36. The zero-order chi connectivity index (χ0) is 13.9. The molecule has 1 amide bonds.